The van der Waals surface area contributed by atoms with E-state index < -0.39 is 0 Å². The molecule has 1 heterocycles. The van der Waals surface area contributed by atoms with Crippen molar-refractivity contribution in [1.82, 2.24) is 9.88 Å². The number of anilines is 2. The maximum absolute atomic E-state index is 11.8. The normalized spacial score (nSPS) is 11.9. The molecule has 1 amide bonds. The summed E-state index contributed by atoms with van der Waals surface area (Å²) in [5, 5.41) is 3.09. The van der Waals surface area contributed by atoms with Gasteiger partial charge in [0.1, 0.15) is 11.9 Å². The zero-order chi connectivity index (χ0) is 12.1. The van der Waals surface area contributed by atoms with Gasteiger partial charge in [0, 0.05) is 31.5 Å². The SMILES string of the molecule is CCN(C)C(=O)C(C)Nc1ccnc(N)c1. The van der Waals surface area contributed by atoms with Crippen LogP contribution < -0.4 is 11.1 Å². The van der Waals surface area contributed by atoms with E-state index in [2.05, 4.69) is 10.3 Å². The molecule has 1 aromatic rings. The van der Waals surface area contributed by atoms with Gasteiger partial charge in [0.2, 0.25) is 5.91 Å². The average Bonchev–Trinajstić information content (AvgIpc) is 2.27. The number of pyridine rings is 1. The van der Waals surface area contributed by atoms with Crippen LogP contribution in [0, 0.1) is 0 Å². The Morgan fingerprint density at radius 2 is 2.38 bits per heavy atom. The van der Waals surface area contributed by atoms with E-state index in [1.807, 2.05) is 13.8 Å². The quantitative estimate of drug-likeness (QED) is 0.795. The highest BCUT2D eigenvalue weighted by molar-refractivity contribution is 5.84. The van der Waals surface area contributed by atoms with Crippen molar-refractivity contribution in [3.63, 3.8) is 0 Å². The van der Waals surface area contributed by atoms with Crippen LogP contribution in [0.3, 0.4) is 0 Å². The van der Waals surface area contributed by atoms with E-state index >= 15 is 0 Å². The molecule has 1 aromatic heterocycles. The summed E-state index contributed by atoms with van der Waals surface area (Å²) in [6.07, 6.45) is 1.61. The van der Waals surface area contributed by atoms with E-state index in [9.17, 15) is 4.79 Å². The van der Waals surface area contributed by atoms with Crippen molar-refractivity contribution in [3.8, 4) is 0 Å². The van der Waals surface area contributed by atoms with Crippen LogP contribution in [0.5, 0.6) is 0 Å². The van der Waals surface area contributed by atoms with Gasteiger partial charge >= 0.3 is 0 Å². The Labute approximate surface area is 95.7 Å². The van der Waals surface area contributed by atoms with Gasteiger partial charge in [-0.25, -0.2) is 4.98 Å². The molecule has 0 aliphatic carbocycles. The third kappa shape index (κ3) is 3.12. The first-order chi connectivity index (χ1) is 7.54. The summed E-state index contributed by atoms with van der Waals surface area (Å²) in [7, 11) is 1.78. The Balaban J connectivity index is 2.64. The largest absolute Gasteiger partial charge is 0.384 e. The molecule has 0 fully saturated rings. The van der Waals surface area contributed by atoms with Crippen LogP contribution in [0.4, 0.5) is 11.5 Å². The maximum atomic E-state index is 11.8. The molecule has 88 valence electrons. The molecule has 0 saturated heterocycles. The number of hydrogen-bond donors (Lipinski definition) is 2. The summed E-state index contributed by atoms with van der Waals surface area (Å²) in [6.45, 7) is 4.46. The zero-order valence-corrected chi connectivity index (χ0v) is 9.90. The molecule has 1 rings (SSSR count). The number of aromatic nitrogens is 1. The van der Waals surface area contributed by atoms with E-state index in [0.717, 1.165) is 5.69 Å². The number of rotatable bonds is 4. The predicted octanol–water partition coefficient (Wildman–Crippen LogP) is 0.942. The molecule has 0 saturated carbocycles. The van der Waals surface area contributed by atoms with Crippen LogP contribution in [0.25, 0.3) is 0 Å². The van der Waals surface area contributed by atoms with Gasteiger partial charge in [0.25, 0.3) is 0 Å². The van der Waals surface area contributed by atoms with Crippen LogP contribution in [0.15, 0.2) is 18.3 Å². The molecule has 0 aromatic carbocycles. The average molecular weight is 222 g/mol. The van der Waals surface area contributed by atoms with Gasteiger partial charge in [-0.1, -0.05) is 0 Å². The van der Waals surface area contributed by atoms with Gasteiger partial charge in [-0.3, -0.25) is 4.79 Å². The third-order valence-corrected chi connectivity index (χ3v) is 2.39. The number of nitrogen functional groups attached to an aromatic ring is 1. The summed E-state index contributed by atoms with van der Waals surface area (Å²) in [6, 6.07) is 3.22. The topological polar surface area (TPSA) is 71.2 Å². The van der Waals surface area contributed by atoms with Gasteiger partial charge < -0.3 is 16.0 Å². The molecule has 3 N–H and O–H groups in total. The van der Waals surface area contributed by atoms with Crippen molar-refractivity contribution < 1.29 is 4.79 Å². The second-order valence-electron chi connectivity index (χ2n) is 3.69. The number of nitrogens with two attached hydrogens (primary N) is 1. The monoisotopic (exact) mass is 222 g/mol. The van der Waals surface area contributed by atoms with Crippen molar-refractivity contribution in [2.45, 2.75) is 19.9 Å². The minimum absolute atomic E-state index is 0.0536. The van der Waals surface area contributed by atoms with Gasteiger partial charge in [-0.15, -0.1) is 0 Å². The molecule has 0 spiro atoms. The Kier molecular flexibility index (Phi) is 4.10. The number of carbonyl (C=O) groups is 1. The lowest BCUT2D eigenvalue weighted by Crippen LogP contribution is -2.38. The van der Waals surface area contributed by atoms with E-state index in [4.69, 9.17) is 5.73 Å². The van der Waals surface area contributed by atoms with E-state index in [-0.39, 0.29) is 11.9 Å². The van der Waals surface area contributed by atoms with Gasteiger partial charge in [-0.2, -0.15) is 0 Å². The first kappa shape index (κ1) is 12.3. The molecular formula is C11H18N4O. The van der Waals surface area contributed by atoms with Crippen molar-refractivity contribution in [3.05, 3.63) is 18.3 Å². The lowest BCUT2D eigenvalue weighted by molar-refractivity contribution is -0.130. The summed E-state index contributed by atoms with van der Waals surface area (Å²) in [4.78, 5) is 17.3. The highest BCUT2D eigenvalue weighted by atomic mass is 16.2. The highest BCUT2D eigenvalue weighted by Gasteiger charge is 2.15. The lowest BCUT2D eigenvalue weighted by Gasteiger charge is -2.21. The van der Waals surface area contributed by atoms with Crippen molar-refractivity contribution >= 4 is 17.4 Å². The first-order valence-electron chi connectivity index (χ1n) is 5.27. The predicted molar refractivity (Wildman–Crippen MR) is 65.0 cm³/mol. The van der Waals surface area contributed by atoms with Crippen molar-refractivity contribution in [2.24, 2.45) is 0 Å². The summed E-state index contributed by atoms with van der Waals surface area (Å²) < 4.78 is 0. The van der Waals surface area contributed by atoms with Crippen molar-refractivity contribution in [1.29, 1.82) is 0 Å². The van der Waals surface area contributed by atoms with Crippen LogP contribution in [0.1, 0.15) is 13.8 Å². The number of hydrogen-bond acceptors (Lipinski definition) is 4. The van der Waals surface area contributed by atoms with Crippen LogP contribution in [-0.2, 0) is 4.79 Å². The molecular weight excluding hydrogens is 204 g/mol. The first-order valence-corrected chi connectivity index (χ1v) is 5.27. The number of carbonyl (C=O) groups excluding carboxylic acids is 1. The smallest absolute Gasteiger partial charge is 0.244 e. The number of nitrogens with one attached hydrogen (secondary N) is 1. The molecule has 0 bridgehead atoms. The van der Waals surface area contributed by atoms with Crippen molar-refractivity contribution in [2.75, 3.05) is 24.6 Å². The molecule has 0 radical (unpaired) electrons. The van der Waals surface area contributed by atoms with Crippen LogP contribution in [0.2, 0.25) is 0 Å². The number of nitrogens with zero attached hydrogens (tertiary/aromatic N) is 2. The maximum Gasteiger partial charge on any atom is 0.244 e. The number of amides is 1. The molecule has 16 heavy (non-hydrogen) atoms. The van der Waals surface area contributed by atoms with Gasteiger partial charge in [0.05, 0.1) is 0 Å². The number of likely N-dealkylation sites (N-methyl/N-ethyl adjacent to an activating group) is 1. The summed E-state index contributed by atoms with van der Waals surface area (Å²) in [5.74, 6) is 0.492. The second-order valence-corrected chi connectivity index (χ2v) is 3.69. The molecule has 0 aliphatic rings. The van der Waals surface area contributed by atoms with E-state index in [0.29, 0.717) is 12.4 Å². The minimum atomic E-state index is -0.272. The minimum Gasteiger partial charge on any atom is -0.384 e. The van der Waals surface area contributed by atoms with E-state index in [1.54, 1.807) is 30.3 Å². The Morgan fingerprint density at radius 3 is 2.94 bits per heavy atom. The highest BCUT2D eigenvalue weighted by Crippen LogP contribution is 2.10. The molecule has 5 nitrogen and oxygen atoms in total. The standard InChI is InChI=1S/C11H18N4O/c1-4-15(3)11(16)8(2)14-9-5-6-13-10(12)7-9/h5-8H,4H2,1-3H3,(H3,12,13,14). The van der Waals surface area contributed by atoms with Crippen LogP contribution in [-0.4, -0.2) is 35.4 Å². The molecule has 5 heteroatoms. The molecule has 0 aliphatic heterocycles. The fourth-order valence-corrected chi connectivity index (χ4v) is 1.34. The lowest BCUT2D eigenvalue weighted by atomic mass is 10.2. The van der Waals surface area contributed by atoms with Gasteiger partial charge in [0.15, 0.2) is 0 Å². The van der Waals surface area contributed by atoms with Gasteiger partial charge in [-0.05, 0) is 19.9 Å². The fraction of sp³-hybridized carbons (Fsp3) is 0.455. The Hall–Kier alpha value is -1.78. The second kappa shape index (κ2) is 5.34. The Bertz CT molecular complexity index is 367. The zero-order valence-electron chi connectivity index (χ0n) is 9.90. The molecule has 1 unspecified atom stereocenters. The molecule has 1 atom stereocenters. The summed E-state index contributed by atoms with van der Waals surface area (Å²) in [5.41, 5.74) is 6.35. The summed E-state index contributed by atoms with van der Waals surface area (Å²) >= 11 is 0. The fourth-order valence-electron chi connectivity index (χ4n) is 1.34. The third-order valence-electron chi connectivity index (χ3n) is 2.39. The Morgan fingerprint density at radius 1 is 1.69 bits per heavy atom. The van der Waals surface area contributed by atoms with Crippen LogP contribution >= 0.6 is 0 Å². The van der Waals surface area contributed by atoms with E-state index in [1.165, 1.54) is 0 Å².